The summed E-state index contributed by atoms with van der Waals surface area (Å²) >= 11 is 0. The minimum absolute atomic E-state index is 0.154. The molecular formula is C19H17N3O2. The molecule has 1 aromatic heterocycles. The Kier molecular flexibility index (Phi) is 4.81. The van der Waals surface area contributed by atoms with E-state index in [0.717, 1.165) is 10.8 Å². The van der Waals surface area contributed by atoms with Gasteiger partial charge in [-0.25, -0.2) is 0 Å². The highest BCUT2D eigenvalue weighted by Crippen LogP contribution is 2.18. The number of pyridine rings is 1. The van der Waals surface area contributed by atoms with E-state index in [1.807, 2.05) is 36.4 Å². The largest absolute Gasteiger partial charge is 0.350 e. The highest BCUT2D eigenvalue weighted by molar-refractivity contribution is 6.07. The van der Waals surface area contributed by atoms with Crippen molar-refractivity contribution in [2.75, 3.05) is 13.1 Å². The fourth-order valence-electron chi connectivity index (χ4n) is 2.46. The number of nitrogens with zero attached hydrogens (tertiary/aromatic N) is 1. The van der Waals surface area contributed by atoms with Crippen LogP contribution in [0.2, 0.25) is 0 Å². The Bertz CT molecular complexity index is 857. The number of hydrogen-bond acceptors (Lipinski definition) is 3. The molecule has 0 aliphatic heterocycles. The van der Waals surface area contributed by atoms with Gasteiger partial charge in [-0.1, -0.05) is 42.5 Å². The number of carbonyl (C=O) groups excluding carboxylic acids is 2. The molecule has 2 aromatic carbocycles. The second-order valence-electron chi connectivity index (χ2n) is 5.25. The molecule has 5 heteroatoms. The molecule has 0 atom stereocenters. The Morgan fingerprint density at radius 2 is 1.50 bits per heavy atom. The molecule has 0 bridgehead atoms. The molecule has 120 valence electrons. The van der Waals surface area contributed by atoms with Crippen molar-refractivity contribution in [2.45, 2.75) is 0 Å². The average molecular weight is 319 g/mol. The van der Waals surface area contributed by atoms with Gasteiger partial charge in [-0.2, -0.15) is 0 Å². The number of fused-ring (bicyclic) bond motifs is 1. The Labute approximate surface area is 139 Å². The van der Waals surface area contributed by atoms with Crippen molar-refractivity contribution in [1.29, 1.82) is 0 Å². The van der Waals surface area contributed by atoms with E-state index in [1.165, 1.54) is 0 Å². The number of aromatic nitrogens is 1. The number of nitrogens with one attached hydrogen (secondary N) is 2. The lowest BCUT2D eigenvalue weighted by molar-refractivity contribution is 0.0926. The van der Waals surface area contributed by atoms with Gasteiger partial charge in [0.25, 0.3) is 11.8 Å². The molecule has 0 saturated carbocycles. The van der Waals surface area contributed by atoms with Crippen LogP contribution in [0.25, 0.3) is 10.8 Å². The van der Waals surface area contributed by atoms with Gasteiger partial charge in [0.1, 0.15) is 5.69 Å². The average Bonchev–Trinajstić information content (AvgIpc) is 2.65. The molecule has 0 radical (unpaired) electrons. The number of carbonyl (C=O) groups is 2. The topological polar surface area (TPSA) is 71.1 Å². The predicted octanol–water partition coefficient (Wildman–Crippen LogP) is 2.39. The van der Waals surface area contributed by atoms with Gasteiger partial charge < -0.3 is 10.6 Å². The first-order valence-corrected chi connectivity index (χ1v) is 7.71. The van der Waals surface area contributed by atoms with Crippen molar-refractivity contribution >= 4 is 22.6 Å². The summed E-state index contributed by atoms with van der Waals surface area (Å²) in [6.07, 6.45) is 1.57. The van der Waals surface area contributed by atoms with Crippen molar-refractivity contribution in [3.05, 3.63) is 78.1 Å². The normalized spacial score (nSPS) is 10.3. The van der Waals surface area contributed by atoms with E-state index in [9.17, 15) is 9.59 Å². The lowest BCUT2D eigenvalue weighted by Gasteiger charge is -2.09. The van der Waals surface area contributed by atoms with Crippen LogP contribution in [0.3, 0.4) is 0 Å². The van der Waals surface area contributed by atoms with Gasteiger partial charge in [0.2, 0.25) is 0 Å². The zero-order chi connectivity index (χ0) is 16.8. The van der Waals surface area contributed by atoms with Gasteiger partial charge in [0.15, 0.2) is 0 Å². The summed E-state index contributed by atoms with van der Waals surface area (Å²) < 4.78 is 0. The lowest BCUT2D eigenvalue weighted by atomic mass is 10.0. The van der Waals surface area contributed by atoms with Crippen LogP contribution < -0.4 is 10.6 Å². The van der Waals surface area contributed by atoms with Crippen LogP contribution in [0.5, 0.6) is 0 Å². The molecule has 2 amide bonds. The summed E-state index contributed by atoms with van der Waals surface area (Å²) in [6.45, 7) is 0.687. The zero-order valence-electron chi connectivity index (χ0n) is 13.0. The van der Waals surface area contributed by atoms with Gasteiger partial charge in [0.05, 0.1) is 0 Å². The van der Waals surface area contributed by atoms with Crippen molar-refractivity contribution < 1.29 is 9.59 Å². The zero-order valence-corrected chi connectivity index (χ0v) is 13.0. The predicted molar refractivity (Wildman–Crippen MR) is 92.9 cm³/mol. The molecule has 5 nitrogen and oxygen atoms in total. The maximum atomic E-state index is 12.3. The molecule has 24 heavy (non-hydrogen) atoms. The Balaban J connectivity index is 1.55. The van der Waals surface area contributed by atoms with E-state index in [4.69, 9.17) is 0 Å². The molecule has 0 aliphatic carbocycles. The molecule has 0 unspecified atom stereocenters. The van der Waals surface area contributed by atoms with Gasteiger partial charge in [-0.05, 0) is 29.0 Å². The number of rotatable bonds is 5. The van der Waals surface area contributed by atoms with E-state index >= 15 is 0 Å². The summed E-state index contributed by atoms with van der Waals surface area (Å²) in [5.74, 6) is -0.408. The minimum atomic E-state index is -0.255. The third-order valence-corrected chi connectivity index (χ3v) is 3.63. The minimum Gasteiger partial charge on any atom is -0.350 e. The molecule has 1 heterocycles. The Morgan fingerprint density at radius 3 is 2.29 bits per heavy atom. The molecule has 0 saturated heterocycles. The highest BCUT2D eigenvalue weighted by Gasteiger charge is 2.09. The Hall–Kier alpha value is -3.21. The van der Waals surface area contributed by atoms with Crippen LogP contribution in [-0.4, -0.2) is 29.9 Å². The van der Waals surface area contributed by atoms with E-state index < -0.39 is 0 Å². The quantitative estimate of drug-likeness (QED) is 0.709. The van der Waals surface area contributed by atoms with Gasteiger partial charge >= 0.3 is 0 Å². The number of hydrogen-bond donors (Lipinski definition) is 2. The van der Waals surface area contributed by atoms with Crippen LogP contribution in [0.15, 0.2) is 66.9 Å². The third-order valence-electron chi connectivity index (χ3n) is 3.63. The van der Waals surface area contributed by atoms with Crippen LogP contribution in [0.4, 0.5) is 0 Å². The standard InChI is InChI=1S/C19H17N3O2/c23-18(16-9-5-7-14-6-1-2-8-15(14)16)21-12-13-22-19(24)17-10-3-4-11-20-17/h1-11H,12-13H2,(H,21,23)(H,22,24). The van der Waals surface area contributed by atoms with E-state index in [-0.39, 0.29) is 11.8 Å². The molecule has 0 spiro atoms. The SMILES string of the molecule is O=C(NCCNC(=O)c1cccc2ccccc12)c1ccccn1. The molecule has 3 rings (SSSR count). The molecule has 0 fully saturated rings. The van der Waals surface area contributed by atoms with Gasteiger partial charge in [-0.3, -0.25) is 14.6 Å². The van der Waals surface area contributed by atoms with Crippen LogP contribution in [0, 0.1) is 0 Å². The van der Waals surface area contributed by atoms with E-state index in [2.05, 4.69) is 15.6 Å². The molecule has 2 N–H and O–H groups in total. The first-order valence-electron chi connectivity index (χ1n) is 7.71. The second kappa shape index (κ2) is 7.37. The molecule has 0 aliphatic rings. The summed E-state index contributed by atoms with van der Waals surface area (Å²) in [5.41, 5.74) is 0.988. The van der Waals surface area contributed by atoms with E-state index in [0.29, 0.717) is 24.3 Å². The van der Waals surface area contributed by atoms with Gasteiger partial charge in [-0.15, -0.1) is 0 Å². The van der Waals surface area contributed by atoms with Crippen LogP contribution >= 0.6 is 0 Å². The number of benzene rings is 2. The summed E-state index contributed by atoms with van der Waals surface area (Å²) in [4.78, 5) is 28.2. The van der Waals surface area contributed by atoms with Crippen molar-refractivity contribution in [3.8, 4) is 0 Å². The van der Waals surface area contributed by atoms with Crippen molar-refractivity contribution in [3.63, 3.8) is 0 Å². The first kappa shape index (κ1) is 15.7. The van der Waals surface area contributed by atoms with Gasteiger partial charge in [0, 0.05) is 24.8 Å². The maximum absolute atomic E-state index is 12.3. The summed E-state index contributed by atoms with van der Waals surface area (Å²) in [5, 5.41) is 7.48. The van der Waals surface area contributed by atoms with E-state index in [1.54, 1.807) is 30.5 Å². The number of amides is 2. The van der Waals surface area contributed by atoms with Crippen molar-refractivity contribution in [2.24, 2.45) is 0 Å². The third kappa shape index (κ3) is 3.57. The Morgan fingerprint density at radius 1 is 0.792 bits per heavy atom. The molecule has 3 aromatic rings. The smallest absolute Gasteiger partial charge is 0.269 e. The first-order chi connectivity index (χ1) is 11.8. The highest BCUT2D eigenvalue weighted by atomic mass is 16.2. The maximum Gasteiger partial charge on any atom is 0.269 e. The second-order valence-corrected chi connectivity index (χ2v) is 5.25. The molecular weight excluding hydrogens is 302 g/mol. The van der Waals surface area contributed by atoms with Crippen LogP contribution in [-0.2, 0) is 0 Å². The van der Waals surface area contributed by atoms with Crippen LogP contribution in [0.1, 0.15) is 20.8 Å². The summed E-state index contributed by atoms with van der Waals surface area (Å²) in [6, 6.07) is 18.5. The van der Waals surface area contributed by atoms with Crippen molar-refractivity contribution in [1.82, 2.24) is 15.6 Å². The lowest BCUT2D eigenvalue weighted by Crippen LogP contribution is -2.35. The fraction of sp³-hybridized carbons (Fsp3) is 0.105. The fourth-order valence-corrected chi connectivity index (χ4v) is 2.46. The summed E-state index contributed by atoms with van der Waals surface area (Å²) in [7, 11) is 0. The monoisotopic (exact) mass is 319 g/mol.